The van der Waals surface area contributed by atoms with Gasteiger partial charge >= 0.3 is 0 Å². The molecule has 0 radical (unpaired) electrons. The van der Waals surface area contributed by atoms with Crippen LogP contribution >= 0.6 is 0 Å². The number of aryl methyl sites for hydroxylation is 2. The second-order valence-corrected chi connectivity index (χ2v) is 5.92. The lowest BCUT2D eigenvalue weighted by atomic mass is 9.76. The minimum atomic E-state index is -0.719. The maximum absolute atomic E-state index is 12.7. The van der Waals surface area contributed by atoms with Gasteiger partial charge in [-0.05, 0) is 33.1 Å². The van der Waals surface area contributed by atoms with Crippen LogP contribution in [0.15, 0.2) is 4.52 Å². The molecule has 2 rings (SSSR count). The lowest BCUT2D eigenvalue weighted by Gasteiger charge is -2.40. The van der Waals surface area contributed by atoms with E-state index in [-0.39, 0.29) is 11.8 Å². The number of carbonyl (C=O) groups is 2. The van der Waals surface area contributed by atoms with E-state index in [9.17, 15) is 9.59 Å². The number of primary amides is 1. The van der Waals surface area contributed by atoms with E-state index >= 15 is 0 Å². The van der Waals surface area contributed by atoms with E-state index in [0.29, 0.717) is 49.6 Å². The monoisotopic (exact) mass is 309 g/mol. The maximum Gasteiger partial charge on any atom is 0.259 e. The van der Waals surface area contributed by atoms with Crippen molar-refractivity contribution in [2.75, 3.05) is 26.8 Å². The van der Waals surface area contributed by atoms with Gasteiger partial charge in [-0.3, -0.25) is 9.59 Å². The summed E-state index contributed by atoms with van der Waals surface area (Å²) in [7, 11) is 1.59. The van der Waals surface area contributed by atoms with Crippen molar-refractivity contribution in [2.45, 2.75) is 33.1 Å². The summed E-state index contributed by atoms with van der Waals surface area (Å²) >= 11 is 0. The van der Waals surface area contributed by atoms with Crippen molar-refractivity contribution in [3.63, 3.8) is 0 Å². The van der Waals surface area contributed by atoms with Crippen LogP contribution in [0.2, 0.25) is 0 Å². The third kappa shape index (κ3) is 2.99. The first-order valence-corrected chi connectivity index (χ1v) is 7.42. The van der Waals surface area contributed by atoms with Crippen molar-refractivity contribution in [2.24, 2.45) is 11.1 Å². The Kier molecular flexibility index (Phi) is 4.85. The molecule has 2 amide bonds. The molecule has 1 saturated heterocycles. The molecule has 2 heterocycles. The van der Waals surface area contributed by atoms with E-state index in [1.165, 1.54) is 0 Å². The molecule has 7 heteroatoms. The van der Waals surface area contributed by atoms with Crippen molar-refractivity contribution in [3.8, 4) is 0 Å². The van der Waals surface area contributed by atoms with E-state index in [2.05, 4.69) is 5.16 Å². The molecular weight excluding hydrogens is 286 g/mol. The molecule has 0 saturated carbocycles. The Morgan fingerprint density at radius 2 is 2.18 bits per heavy atom. The molecule has 1 unspecified atom stereocenters. The van der Waals surface area contributed by atoms with Crippen LogP contribution in [0.1, 0.15) is 41.1 Å². The summed E-state index contributed by atoms with van der Waals surface area (Å²) in [5, 5.41) is 3.82. The number of likely N-dealkylation sites (tertiary alicyclic amines) is 1. The first-order valence-electron chi connectivity index (χ1n) is 7.42. The molecule has 0 aliphatic carbocycles. The third-order valence-electron chi connectivity index (χ3n) is 4.42. The highest BCUT2D eigenvalue weighted by molar-refractivity contribution is 5.96. The number of hydrogen-bond donors (Lipinski definition) is 1. The molecule has 1 aliphatic rings. The zero-order valence-corrected chi connectivity index (χ0v) is 13.3. The van der Waals surface area contributed by atoms with Gasteiger partial charge in [0.1, 0.15) is 11.3 Å². The summed E-state index contributed by atoms with van der Waals surface area (Å²) in [5.74, 6) is -0.0329. The van der Waals surface area contributed by atoms with Gasteiger partial charge in [0.2, 0.25) is 5.91 Å². The second-order valence-electron chi connectivity index (χ2n) is 5.92. The minimum Gasteiger partial charge on any atom is -0.385 e. The number of aromatic nitrogens is 1. The molecule has 22 heavy (non-hydrogen) atoms. The summed E-state index contributed by atoms with van der Waals surface area (Å²) in [5.41, 5.74) is 5.94. The van der Waals surface area contributed by atoms with E-state index in [1.54, 1.807) is 25.9 Å². The first-order chi connectivity index (χ1) is 10.4. The fourth-order valence-electron chi connectivity index (χ4n) is 3.08. The lowest BCUT2D eigenvalue weighted by molar-refractivity contribution is -0.131. The highest BCUT2D eigenvalue weighted by Crippen LogP contribution is 2.34. The van der Waals surface area contributed by atoms with Gasteiger partial charge in [0.05, 0.1) is 11.1 Å². The largest absolute Gasteiger partial charge is 0.385 e. The first kappa shape index (κ1) is 16.5. The molecule has 1 aromatic heterocycles. The van der Waals surface area contributed by atoms with Gasteiger partial charge in [0.15, 0.2) is 0 Å². The summed E-state index contributed by atoms with van der Waals surface area (Å²) in [6.07, 6.45) is 1.93. The molecule has 0 bridgehead atoms. The van der Waals surface area contributed by atoms with E-state index in [0.717, 1.165) is 6.42 Å². The van der Waals surface area contributed by atoms with Crippen molar-refractivity contribution < 1.29 is 18.8 Å². The highest BCUT2D eigenvalue weighted by atomic mass is 16.5. The van der Waals surface area contributed by atoms with E-state index < -0.39 is 5.41 Å². The topological polar surface area (TPSA) is 98.7 Å². The smallest absolute Gasteiger partial charge is 0.259 e. The van der Waals surface area contributed by atoms with E-state index in [4.69, 9.17) is 15.0 Å². The fourth-order valence-corrected chi connectivity index (χ4v) is 3.08. The van der Waals surface area contributed by atoms with Gasteiger partial charge in [-0.15, -0.1) is 0 Å². The number of piperidine rings is 1. The van der Waals surface area contributed by atoms with Crippen LogP contribution in [0.3, 0.4) is 0 Å². The predicted octanol–water partition coefficient (Wildman–Crippen LogP) is 1.04. The van der Waals surface area contributed by atoms with Crippen LogP contribution < -0.4 is 5.73 Å². The zero-order chi connectivity index (χ0) is 16.3. The molecule has 0 spiro atoms. The number of nitrogens with zero attached hydrogens (tertiary/aromatic N) is 2. The summed E-state index contributed by atoms with van der Waals surface area (Å²) in [6, 6.07) is 0. The summed E-state index contributed by atoms with van der Waals surface area (Å²) in [6.45, 7) is 4.80. The van der Waals surface area contributed by atoms with Crippen LogP contribution in [0.5, 0.6) is 0 Å². The SMILES string of the molecule is COCCC1(C(N)=O)CCCN(C(=O)c2c(C)noc2C)C1. The number of amides is 2. The lowest BCUT2D eigenvalue weighted by Crippen LogP contribution is -2.52. The Hall–Kier alpha value is -1.89. The Morgan fingerprint density at radius 1 is 1.45 bits per heavy atom. The molecule has 7 nitrogen and oxygen atoms in total. The van der Waals surface area contributed by atoms with E-state index in [1.807, 2.05) is 0 Å². The number of methoxy groups -OCH3 is 1. The second kappa shape index (κ2) is 6.48. The number of hydrogen-bond acceptors (Lipinski definition) is 5. The normalized spacial score (nSPS) is 21.9. The molecule has 1 aliphatic heterocycles. The number of rotatable bonds is 5. The van der Waals surface area contributed by atoms with Crippen LogP contribution in [-0.4, -0.2) is 48.7 Å². The van der Waals surface area contributed by atoms with Crippen molar-refractivity contribution in [3.05, 3.63) is 17.0 Å². The molecule has 1 atom stereocenters. The number of ether oxygens (including phenoxy) is 1. The number of carbonyl (C=O) groups excluding carboxylic acids is 2. The highest BCUT2D eigenvalue weighted by Gasteiger charge is 2.42. The average molecular weight is 309 g/mol. The fraction of sp³-hybridized carbons (Fsp3) is 0.667. The summed E-state index contributed by atoms with van der Waals surface area (Å²) in [4.78, 5) is 26.4. The average Bonchev–Trinajstić information content (AvgIpc) is 2.83. The summed E-state index contributed by atoms with van der Waals surface area (Å²) < 4.78 is 10.2. The Morgan fingerprint density at radius 3 is 2.73 bits per heavy atom. The Bertz CT molecular complexity index is 550. The maximum atomic E-state index is 12.7. The Balaban J connectivity index is 2.22. The van der Waals surface area contributed by atoms with Gasteiger partial charge in [-0.25, -0.2) is 0 Å². The standard InChI is InChI=1S/C15H23N3O4/c1-10-12(11(2)22-17-10)13(19)18-7-4-5-15(9-18,14(16)20)6-8-21-3/h4-9H2,1-3H3,(H2,16,20). The van der Waals surface area contributed by atoms with Gasteiger partial charge in [0, 0.05) is 26.8 Å². The Labute approximate surface area is 129 Å². The van der Waals surface area contributed by atoms with Gasteiger partial charge < -0.3 is 19.9 Å². The molecule has 122 valence electrons. The van der Waals surface area contributed by atoms with Crippen LogP contribution in [0, 0.1) is 19.3 Å². The molecule has 0 aromatic carbocycles. The van der Waals surface area contributed by atoms with Crippen LogP contribution in [-0.2, 0) is 9.53 Å². The quantitative estimate of drug-likeness (QED) is 0.876. The molecular formula is C15H23N3O4. The number of nitrogens with two attached hydrogens (primary N) is 1. The van der Waals surface area contributed by atoms with Gasteiger partial charge in [0.25, 0.3) is 5.91 Å². The van der Waals surface area contributed by atoms with Crippen LogP contribution in [0.25, 0.3) is 0 Å². The van der Waals surface area contributed by atoms with Gasteiger partial charge in [-0.2, -0.15) is 0 Å². The van der Waals surface area contributed by atoms with Crippen molar-refractivity contribution >= 4 is 11.8 Å². The minimum absolute atomic E-state index is 0.154. The molecule has 1 aromatic rings. The molecule has 1 fully saturated rings. The molecule has 2 N–H and O–H groups in total. The third-order valence-corrected chi connectivity index (χ3v) is 4.42. The predicted molar refractivity (Wildman–Crippen MR) is 79.2 cm³/mol. The van der Waals surface area contributed by atoms with Crippen molar-refractivity contribution in [1.29, 1.82) is 0 Å². The zero-order valence-electron chi connectivity index (χ0n) is 13.3. The van der Waals surface area contributed by atoms with Crippen LogP contribution in [0.4, 0.5) is 0 Å². The van der Waals surface area contributed by atoms with Crippen molar-refractivity contribution in [1.82, 2.24) is 10.1 Å². The van der Waals surface area contributed by atoms with Gasteiger partial charge in [-0.1, -0.05) is 5.16 Å².